The first-order chi connectivity index (χ1) is 11.1. The Kier molecular flexibility index (Phi) is 4.27. The topological polar surface area (TPSA) is 104 Å². The molecule has 0 bridgehead atoms. The molecule has 3 rings (SSSR count). The standard InChI is InChI=1S/C16H17N3O4/c20-15(21)14(8-10-4-5-10)18-16(22)17-12-3-1-2-11(9-12)13-6-7-23-19-13/h1-3,6-7,9-10,14H,4-5,8H2,(H,20,21)(H2,17,18,22). The van der Waals surface area contributed by atoms with Crippen LogP contribution in [0.3, 0.4) is 0 Å². The largest absolute Gasteiger partial charge is 0.480 e. The Morgan fingerprint density at radius 3 is 2.83 bits per heavy atom. The summed E-state index contributed by atoms with van der Waals surface area (Å²) in [6.07, 6.45) is 4.01. The molecule has 1 aromatic heterocycles. The third kappa shape index (κ3) is 4.09. The molecule has 1 fully saturated rings. The van der Waals surface area contributed by atoms with Crippen LogP contribution >= 0.6 is 0 Å². The van der Waals surface area contributed by atoms with Crippen LogP contribution in [-0.2, 0) is 4.79 Å². The van der Waals surface area contributed by atoms with Crippen LogP contribution in [0.5, 0.6) is 0 Å². The Hall–Kier alpha value is -2.83. The SMILES string of the molecule is O=C(Nc1cccc(-c2ccon2)c1)NC(CC1CC1)C(=O)O. The van der Waals surface area contributed by atoms with Gasteiger partial charge in [-0.15, -0.1) is 0 Å². The summed E-state index contributed by atoms with van der Waals surface area (Å²) in [6, 6.07) is 7.41. The average molecular weight is 315 g/mol. The van der Waals surface area contributed by atoms with Gasteiger partial charge in [-0.3, -0.25) is 0 Å². The van der Waals surface area contributed by atoms with E-state index in [0.717, 1.165) is 18.4 Å². The Balaban J connectivity index is 1.62. The molecule has 0 radical (unpaired) electrons. The molecule has 7 nitrogen and oxygen atoms in total. The number of anilines is 1. The Morgan fingerprint density at radius 2 is 2.17 bits per heavy atom. The van der Waals surface area contributed by atoms with Crippen LogP contribution in [0.15, 0.2) is 41.1 Å². The zero-order valence-electron chi connectivity index (χ0n) is 12.4. The third-order valence-electron chi connectivity index (χ3n) is 3.72. The molecule has 1 saturated carbocycles. The average Bonchev–Trinajstić information content (AvgIpc) is 3.16. The molecule has 120 valence electrons. The predicted molar refractivity (Wildman–Crippen MR) is 82.9 cm³/mol. The number of urea groups is 1. The van der Waals surface area contributed by atoms with Crippen LogP contribution in [0.25, 0.3) is 11.3 Å². The molecule has 1 heterocycles. The van der Waals surface area contributed by atoms with Crippen molar-refractivity contribution in [1.29, 1.82) is 0 Å². The number of rotatable bonds is 6. The summed E-state index contributed by atoms with van der Waals surface area (Å²) in [5.41, 5.74) is 2.01. The molecule has 3 N–H and O–H groups in total. The highest BCUT2D eigenvalue weighted by Gasteiger charge is 2.30. The fraction of sp³-hybridized carbons (Fsp3) is 0.312. The molecule has 1 atom stereocenters. The molecule has 1 unspecified atom stereocenters. The van der Waals surface area contributed by atoms with Crippen molar-refractivity contribution in [3.8, 4) is 11.3 Å². The number of aromatic nitrogens is 1. The van der Waals surface area contributed by atoms with Gasteiger partial charge in [0, 0.05) is 17.3 Å². The van der Waals surface area contributed by atoms with E-state index in [9.17, 15) is 14.7 Å². The van der Waals surface area contributed by atoms with Crippen molar-refractivity contribution in [1.82, 2.24) is 10.5 Å². The second-order valence-corrected chi connectivity index (χ2v) is 5.63. The van der Waals surface area contributed by atoms with Gasteiger partial charge in [-0.25, -0.2) is 9.59 Å². The van der Waals surface area contributed by atoms with Gasteiger partial charge in [-0.1, -0.05) is 30.1 Å². The molecule has 2 aromatic rings. The maximum Gasteiger partial charge on any atom is 0.326 e. The Bertz CT molecular complexity index is 695. The van der Waals surface area contributed by atoms with Crippen molar-refractivity contribution in [2.45, 2.75) is 25.3 Å². The van der Waals surface area contributed by atoms with Crippen molar-refractivity contribution in [3.63, 3.8) is 0 Å². The first kappa shape index (κ1) is 15.1. The first-order valence-corrected chi connectivity index (χ1v) is 7.43. The van der Waals surface area contributed by atoms with Crippen LogP contribution in [0.1, 0.15) is 19.3 Å². The van der Waals surface area contributed by atoms with Crippen molar-refractivity contribution in [2.24, 2.45) is 5.92 Å². The maximum absolute atomic E-state index is 12.0. The van der Waals surface area contributed by atoms with Gasteiger partial charge in [0.05, 0.1) is 0 Å². The second-order valence-electron chi connectivity index (χ2n) is 5.63. The van der Waals surface area contributed by atoms with E-state index in [1.165, 1.54) is 6.26 Å². The molecular weight excluding hydrogens is 298 g/mol. The number of carboxylic acids is 1. The number of nitrogens with one attached hydrogen (secondary N) is 2. The van der Waals surface area contributed by atoms with Gasteiger partial charge in [-0.2, -0.15) is 0 Å². The summed E-state index contributed by atoms with van der Waals surface area (Å²) < 4.78 is 4.80. The number of benzene rings is 1. The Labute approximate surface area is 132 Å². The van der Waals surface area contributed by atoms with E-state index in [1.807, 2.05) is 6.07 Å². The number of aliphatic carboxylic acids is 1. The fourth-order valence-corrected chi connectivity index (χ4v) is 2.35. The van der Waals surface area contributed by atoms with Crippen LogP contribution in [-0.4, -0.2) is 28.3 Å². The number of carboxylic acid groups (broad SMARTS) is 1. The summed E-state index contributed by atoms with van der Waals surface area (Å²) in [5, 5.41) is 18.2. The van der Waals surface area contributed by atoms with Gasteiger partial charge >= 0.3 is 12.0 Å². The normalized spacial score (nSPS) is 15.0. The smallest absolute Gasteiger partial charge is 0.326 e. The number of amides is 2. The van der Waals surface area contributed by atoms with Gasteiger partial charge in [0.2, 0.25) is 0 Å². The van der Waals surface area contributed by atoms with Gasteiger partial charge < -0.3 is 20.3 Å². The van der Waals surface area contributed by atoms with E-state index in [-0.39, 0.29) is 0 Å². The zero-order valence-corrected chi connectivity index (χ0v) is 12.4. The molecule has 0 spiro atoms. The maximum atomic E-state index is 12.0. The molecule has 1 aromatic carbocycles. The van der Waals surface area contributed by atoms with Gasteiger partial charge in [0.1, 0.15) is 18.0 Å². The summed E-state index contributed by atoms with van der Waals surface area (Å²) >= 11 is 0. The summed E-state index contributed by atoms with van der Waals surface area (Å²) in [6.45, 7) is 0. The molecule has 23 heavy (non-hydrogen) atoms. The quantitative estimate of drug-likeness (QED) is 0.760. The number of carbonyl (C=O) groups excluding carboxylic acids is 1. The van der Waals surface area contributed by atoms with Crippen LogP contribution in [0.2, 0.25) is 0 Å². The highest BCUT2D eigenvalue weighted by molar-refractivity contribution is 5.92. The van der Waals surface area contributed by atoms with E-state index in [4.69, 9.17) is 4.52 Å². The minimum atomic E-state index is -1.01. The van der Waals surface area contributed by atoms with Crippen LogP contribution < -0.4 is 10.6 Å². The van der Waals surface area contributed by atoms with Crippen molar-refractivity contribution < 1.29 is 19.2 Å². The van der Waals surface area contributed by atoms with E-state index in [1.54, 1.807) is 24.3 Å². The first-order valence-electron chi connectivity index (χ1n) is 7.43. The highest BCUT2D eigenvalue weighted by Crippen LogP contribution is 2.33. The monoisotopic (exact) mass is 315 g/mol. The van der Waals surface area contributed by atoms with E-state index in [2.05, 4.69) is 15.8 Å². The third-order valence-corrected chi connectivity index (χ3v) is 3.72. The molecule has 0 saturated heterocycles. The second kappa shape index (κ2) is 6.51. The van der Waals surface area contributed by atoms with Gasteiger partial charge in [-0.05, 0) is 24.5 Å². The summed E-state index contributed by atoms with van der Waals surface area (Å²) in [4.78, 5) is 23.2. The number of hydrogen-bond donors (Lipinski definition) is 3. The lowest BCUT2D eigenvalue weighted by molar-refractivity contribution is -0.139. The Morgan fingerprint density at radius 1 is 1.35 bits per heavy atom. The molecule has 0 aliphatic heterocycles. The fourth-order valence-electron chi connectivity index (χ4n) is 2.35. The minimum Gasteiger partial charge on any atom is -0.480 e. The summed E-state index contributed by atoms with van der Waals surface area (Å²) in [7, 11) is 0. The van der Waals surface area contributed by atoms with Gasteiger partial charge in [0.25, 0.3) is 0 Å². The number of hydrogen-bond acceptors (Lipinski definition) is 4. The van der Waals surface area contributed by atoms with Crippen molar-refractivity contribution in [2.75, 3.05) is 5.32 Å². The van der Waals surface area contributed by atoms with Gasteiger partial charge in [0.15, 0.2) is 0 Å². The number of nitrogens with zero attached hydrogens (tertiary/aromatic N) is 1. The molecule has 1 aliphatic carbocycles. The molecule has 2 amide bonds. The predicted octanol–water partition coefficient (Wildman–Crippen LogP) is 2.72. The van der Waals surface area contributed by atoms with Crippen molar-refractivity contribution in [3.05, 3.63) is 36.6 Å². The summed E-state index contributed by atoms with van der Waals surface area (Å²) in [5.74, 6) is -0.602. The molecule has 1 aliphatic rings. The lowest BCUT2D eigenvalue weighted by Crippen LogP contribution is -2.43. The lowest BCUT2D eigenvalue weighted by Gasteiger charge is -2.15. The van der Waals surface area contributed by atoms with E-state index in [0.29, 0.717) is 23.7 Å². The highest BCUT2D eigenvalue weighted by atomic mass is 16.5. The minimum absolute atomic E-state index is 0.409. The number of carbonyl (C=O) groups is 2. The van der Waals surface area contributed by atoms with Crippen molar-refractivity contribution >= 4 is 17.7 Å². The molecular formula is C16H17N3O4. The van der Waals surface area contributed by atoms with Crippen LogP contribution in [0.4, 0.5) is 10.5 Å². The lowest BCUT2D eigenvalue weighted by atomic mass is 10.1. The van der Waals surface area contributed by atoms with E-state index < -0.39 is 18.0 Å². The molecule has 7 heteroatoms. The van der Waals surface area contributed by atoms with E-state index >= 15 is 0 Å². The zero-order chi connectivity index (χ0) is 16.2. The van der Waals surface area contributed by atoms with Crippen LogP contribution in [0, 0.1) is 5.92 Å².